The van der Waals surface area contributed by atoms with Crippen LogP contribution in [-0.4, -0.2) is 58.1 Å². The first-order chi connectivity index (χ1) is 16.9. The molecular weight excluding hydrogens is 628 g/mol. The normalized spacial score (nSPS) is 26.5. The van der Waals surface area contributed by atoms with Gasteiger partial charge in [-0.1, -0.05) is 18.2 Å². The van der Waals surface area contributed by atoms with E-state index >= 15 is 0 Å². The number of benzene rings is 1. The molecule has 3 heterocycles. The Labute approximate surface area is 224 Å². The number of nitrogen functional groups attached to an aromatic ring is 2. The maximum absolute atomic E-state index is 13.5. The van der Waals surface area contributed by atoms with E-state index in [-0.39, 0.29) is 39.1 Å². The van der Waals surface area contributed by atoms with Crippen LogP contribution in [0.25, 0.3) is 11.2 Å². The zero-order chi connectivity index (χ0) is 26.3. The van der Waals surface area contributed by atoms with Gasteiger partial charge in [0.15, 0.2) is 17.7 Å². The number of carbonyl (C=O) groups is 1. The minimum Gasteiger partial charge on any atom is -0.413 e. The molecule has 1 fully saturated rings. The molecule has 1 aliphatic heterocycles. The number of aromatic nitrogens is 4. The van der Waals surface area contributed by atoms with Crippen molar-refractivity contribution in [2.75, 3.05) is 18.1 Å². The van der Waals surface area contributed by atoms with Gasteiger partial charge in [0.2, 0.25) is 9.74 Å². The first-order valence-corrected chi connectivity index (χ1v) is 13.7. The quantitative estimate of drug-likeness (QED) is 0.115. The average molecular weight is 652 g/mol. The second-order valence-corrected chi connectivity index (χ2v) is 11.8. The van der Waals surface area contributed by atoms with E-state index in [2.05, 4.69) is 20.0 Å². The van der Waals surface area contributed by atoms with Crippen LogP contribution in [0.4, 0.5) is 11.8 Å². The molecule has 6 N–H and O–H groups in total. The summed E-state index contributed by atoms with van der Waals surface area (Å²) in [5.74, 6) is 0.268. The van der Waals surface area contributed by atoms with Gasteiger partial charge in [-0.05, 0) is 26.0 Å². The molecule has 0 bridgehead atoms. The lowest BCUT2D eigenvalue weighted by Gasteiger charge is -2.26. The number of fused-ring (bicyclic) bond motifs is 1. The molecule has 0 spiro atoms. The number of ether oxygens (including phenoxy) is 1. The summed E-state index contributed by atoms with van der Waals surface area (Å²) in [6.45, 7) is 2.71. The van der Waals surface area contributed by atoms with Crippen LogP contribution in [0.15, 0.2) is 36.7 Å². The summed E-state index contributed by atoms with van der Waals surface area (Å²) < 4.78 is 32.0. The third-order valence-corrected chi connectivity index (χ3v) is 8.49. The van der Waals surface area contributed by atoms with E-state index in [1.165, 1.54) is 17.8 Å². The Morgan fingerprint density at radius 2 is 2.08 bits per heavy atom. The van der Waals surface area contributed by atoms with Crippen molar-refractivity contribution in [3.05, 3.63) is 36.7 Å². The van der Waals surface area contributed by atoms with Crippen LogP contribution in [0.1, 0.15) is 20.1 Å². The number of halogens is 2. The fourth-order valence-corrected chi connectivity index (χ4v) is 5.86. The summed E-state index contributed by atoms with van der Waals surface area (Å²) in [5.41, 5.74) is 12.2. The molecule has 13 nitrogen and oxygen atoms in total. The van der Waals surface area contributed by atoms with Crippen molar-refractivity contribution < 1.29 is 28.3 Å². The van der Waals surface area contributed by atoms with Crippen molar-refractivity contribution in [3.8, 4) is 5.75 Å². The maximum atomic E-state index is 13.5. The molecule has 2 aromatic heterocycles. The van der Waals surface area contributed by atoms with Crippen molar-refractivity contribution in [2.45, 2.75) is 43.2 Å². The predicted octanol–water partition coefficient (Wildman–Crippen LogP) is 2.39. The van der Waals surface area contributed by atoms with Gasteiger partial charge in [-0.3, -0.25) is 13.9 Å². The van der Waals surface area contributed by atoms with Gasteiger partial charge in [-0.15, -0.1) is 11.6 Å². The molecule has 0 radical (unpaired) electrons. The van der Waals surface area contributed by atoms with Crippen molar-refractivity contribution in [2.24, 2.45) is 0 Å². The zero-order valence-corrected chi connectivity index (χ0v) is 22.9. The second-order valence-electron chi connectivity index (χ2n) is 8.27. The van der Waals surface area contributed by atoms with E-state index in [0.29, 0.717) is 0 Å². The lowest BCUT2D eigenvalue weighted by atomic mass is 10.0. The fraction of sp³-hybridized carbons (Fsp3) is 0.400. The molecule has 1 aromatic carbocycles. The number of nitrogens with zero attached hydrogens (tertiary/aromatic N) is 4. The Balaban J connectivity index is 1.57. The minimum atomic E-state index is -4.09. The summed E-state index contributed by atoms with van der Waals surface area (Å²) in [5, 5.41) is 13.6. The van der Waals surface area contributed by atoms with Crippen LogP contribution in [0.3, 0.4) is 0 Å². The number of hydrogen-bond donors (Lipinski definition) is 4. The molecular formula is C20H24ClIN7O6P. The van der Waals surface area contributed by atoms with Crippen molar-refractivity contribution in [3.63, 3.8) is 0 Å². The molecule has 0 saturated carbocycles. The molecule has 3 aromatic rings. The number of alkyl halides is 1. The summed E-state index contributed by atoms with van der Waals surface area (Å²) in [4.78, 5) is 22.6. The fourth-order valence-electron chi connectivity index (χ4n) is 3.65. The first-order valence-electron chi connectivity index (χ1n) is 10.7. The highest BCUT2D eigenvalue weighted by Crippen LogP contribution is 2.48. The molecule has 1 saturated heterocycles. The third-order valence-electron chi connectivity index (χ3n) is 5.51. The summed E-state index contributed by atoms with van der Waals surface area (Å²) in [6, 6.07) is 7.49. The van der Waals surface area contributed by atoms with Gasteiger partial charge in [0.05, 0.1) is 19.0 Å². The molecule has 0 amide bonds. The number of imidazole rings is 1. The number of nitrogens with one attached hydrogen (secondary N) is 1. The van der Waals surface area contributed by atoms with Crippen LogP contribution < -0.4 is 21.1 Å². The Bertz CT molecular complexity index is 1310. The first kappa shape index (κ1) is 27.0. The molecule has 6 atom stereocenters. The van der Waals surface area contributed by atoms with E-state index in [4.69, 9.17) is 36.9 Å². The van der Waals surface area contributed by atoms with Gasteiger partial charge in [-0.2, -0.15) is 9.97 Å². The van der Waals surface area contributed by atoms with Crippen molar-refractivity contribution in [1.29, 1.82) is 0 Å². The van der Waals surface area contributed by atoms with E-state index in [1.54, 1.807) is 59.8 Å². The predicted molar refractivity (Wildman–Crippen MR) is 141 cm³/mol. The number of nitrogens with two attached hydrogens (primary N) is 2. The zero-order valence-electron chi connectivity index (χ0n) is 19.1. The Hall–Kier alpha value is -2.07. The summed E-state index contributed by atoms with van der Waals surface area (Å²) >= 11 is 8.29. The highest BCUT2D eigenvalue weighted by molar-refractivity contribution is 14.1. The molecule has 194 valence electrons. The van der Waals surface area contributed by atoms with E-state index in [0.717, 1.165) is 0 Å². The van der Waals surface area contributed by atoms with Crippen LogP contribution in [-0.2, 0) is 18.6 Å². The number of rotatable bonds is 9. The topological polar surface area (TPSA) is 190 Å². The summed E-state index contributed by atoms with van der Waals surface area (Å²) in [7, 11) is -4.09. The number of aliphatic hydroxyl groups is 1. The minimum absolute atomic E-state index is 0.0690. The SMILES string of the molecule is C[C@H](NP(=O)(OC[C@H]1O[C@@H](n2cnc3c(N)nc(N)nc32)[C@](C)(Cl)[C@@H]1O)Oc1ccccc1)C(=O)I. The number of hydrogen-bond acceptors (Lipinski definition) is 11. The molecule has 1 unspecified atom stereocenters. The van der Waals surface area contributed by atoms with E-state index in [1.807, 2.05) is 0 Å². The van der Waals surface area contributed by atoms with Gasteiger partial charge in [-0.25, -0.2) is 14.6 Å². The van der Waals surface area contributed by atoms with Gasteiger partial charge < -0.3 is 25.8 Å². The van der Waals surface area contributed by atoms with Crippen LogP contribution >= 0.6 is 41.9 Å². The Morgan fingerprint density at radius 1 is 1.39 bits per heavy atom. The molecule has 4 rings (SSSR count). The monoisotopic (exact) mass is 651 g/mol. The highest BCUT2D eigenvalue weighted by atomic mass is 127. The maximum Gasteiger partial charge on any atom is 0.459 e. The van der Waals surface area contributed by atoms with E-state index in [9.17, 15) is 14.5 Å². The van der Waals surface area contributed by atoms with Gasteiger partial charge in [0.1, 0.15) is 28.3 Å². The Kier molecular flexibility index (Phi) is 7.76. The largest absolute Gasteiger partial charge is 0.459 e. The second kappa shape index (κ2) is 10.4. The smallest absolute Gasteiger partial charge is 0.413 e. The Morgan fingerprint density at radius 3 is 2.75 bits per heavy atom. The molecule has 0 aliphatic carbocycles. The molecule has 36 heavy (non-hydrogen) atoms. The summed E-state index contributed by atoms with van der Waals surface area (Å²) in [6.07, 6.45) is -1.88. The lowest BCUT2D eigenvalue weighted by molar-refractivity contribution is -0.110. The third kappa shape index (κ3) is 5.44. The number of carbonyl (C=O) groups excluding carboxylic acids is 1. The van der Waals surface area contributed by atoms with Crippen LogP contribution in [0, 0.1) is 0 Å². The molecule has 16 heteroatoms. The standard InChI is InChI=1S/C20H24ClIN7O6P/c1-10(15(22)31)28-36(32,35-11-6-4-3-5-7-11)33-8-12-14(30)20(2,21)18(34-12)29-9-25-13-16(23)26-19(24)27-17(13)29/h3-7,9-10,12,14,18,30H,8H2,1-2H3,(H,28,32)(H4,23,24,26,27)/t10-,12+,14+,18+,20+,36?/m0/s1. The lowest BCUT2D eigenvalue weighted by Crippen LogP contribution is -2.40. The van der Waals surface area contributed by atoms with E-state index < -0.39 is 37.1 Å². The number of anilines is 2. The van der Waals surface area contributed by atoms with Gasteiger partial charge in [0, 0.05) is 22.6 Å². The number of para-hydroxylation sites is 1. The van der Waals surface area contributed by atoms with Crippen LogP contribution in [0.2, 0.25) is 0 Å². The highest BCUT2D eigenvalue weighted by Gasteiger charge is 2.54. The molecule has 1 aliphatic rings. The van der Waals surface area contributed by atoms with Crippen LogP contribution in [0.5, 0.6) is 5.75 Å². The van der Waals surface area contributed by atoms with Crippen molar-refractivity contribution in [1.82, 2.24) is 24.6 Å². The van der Waals surface area contributed by atoms with Gasteiger partial charge in [0.25, 0.3) is 0 Å². The number of aliphatic hydroxyl groups excluding tert-OH is 1. The van der Waals surface area contributed by atoms with Gasteiger partial charge >= 0.3 is 7.75 Å². The average Bonchev–Trinajstić information content (AvgIpc) is 3.31. The van der Waals surface area contributed by atoms with Crippen molar-refractivity contribution >= 4 is 68.7 Å².